The monoisotopic (exact) mass is 317 g/mol. The number of nitrogens with one attached hydrogen (secondary N) is 1. The van der Waals surface area contributed by atoms with E-state index in [-0.39, 0.29) is 5.91 Å². The van der Waals surface area contributed by atoms with Crippen molar-refractivity contribution in [3.05, 3.63) is 54.1 Å². The van der Waals surface area contributed by atoms with E-state index in [9.17, 15) is 4.79 Å². The zero-order valence-electron chi connectivity index (χ0n) is 12.7. The van der Waals surface area contributed by atoms with Gasteiger partial charge in [0.1, 0.15) is 0 Å². The van der Waals surface area contributed by atoms with Crippen molar-refractivity contribution in [3.8, 4) is 11.5 Å². The second-order valence-corrected chi connectivity index (χ2v) is 5.62. The van der Waals surface area contributed by atoms with Crippen LogP contribution >= 0.6 is 11.8 Å². The zero-order valence-corrected chi connectivity index (χ0v) is 13.5. The fourth-order valence-electron chi connectivity index (χ4n) is 1.95. The van der Waals surface area contributed by atoms with Crippen molar-refractivity contribution in [3.63, 3.8) is 0 Å². The summed E-state index contributed by atoms with van der Waals surface area (Å²) in [6.07, 6.45) is 0.396. The third-order valence-electron chi connectivity index (χ3n) is 3.07. The summed E-state index contributed by atoms with van der Waals surface area (Å²) in [4.78, 5) is 12.9. The summed E-state index contributed by atoms with van der Waals surface area (Å²) in [5.74, 6) is 1.91. The van der Waals surface area contributed by atoms with Crippen LogP contribution < -0.4 is 14.8 Å². The molecule has 2 rings (SSSR count). The highest BCUT2D eigenvalue weighted by Crippen LogP contribution is 2.31. The number of amides is 1. The molecule has 0 fully saturated rings. The number of hydrogen-bond acceptors (Lipinski definition) is 4. The Morgan fingerprint density at radius 3 is 2.45 bits per heavy atom. The predicted molar refractivity (Wildman–Crippen MR) is 88.6 cm³/mol. The van der Waals surface area contributed by atoms with E-state index in [1.807, 2.05) is 48.5 Å². The molecule has 0 radical (unpaired) electrons. The minimum absolute atomic E-state index is 0.0131. The summed E-state index contributed by atoms with van der Waals surface area (Å²) in [7, 11) is 3.21. The lowest BCUT2D eigenvalue weighted by molar-refractivity contribution is -0.120. The van der Waals surface area contributed by atoms with Crippen molar-refractivity contribution in [2.75, 3.05) is 20.1 Å². The quantitative estimate of drug-likeness (QED) is 0.630. The molecule has 0 bridgehead atoms. The Bertz CT molecular complexity index is 617. The van der Waals surface area contributed by atoms with Crippen LogP contribution in [0, 0.1) is 0 Å². The number of hydrogen-bond donors (Lipinski definition) is 1. The van der Waals surface area contributed by atoms with Crippen LogP contribution in [-0.4, -0.2) is 26.0 Å². The first-order valence-corrected chi connectivity index (χ1v) is 7.87. The van der Waals surface area contributed by atoms with Crippen LogP contribution in [0.4, 0.5) is 0 Å². The maximum atomic E-state index is 11.9. The van der Waals surface area contributed by atoms with Gasteiger partial charge in [-0.2, -0.15) is 0 Å². The highest BCUT2D eigenvalue weighted by atomic mass is 32.2. The van der Waals surface area contributed by atoms with Crippen LogP contribution in [0.2, 0.25) is 0 Å². The van der Waals surface area contributed by atoms with Gasteiger partial charge in [0.15, 0.2) is 11.5 Å². The average Bonchev–Trinajstić information content (AvgIpc) is 2.55. The number of carbonyl (C=O) groups is 1. The van der Waals surface area contributed by atoms with E-state index >= 15 is 0 Å². The summed E-state index contributed by atoms with van der Waals surface area (Å²) < 4.78 is 10.5. The molecule has 0 spiro atoms. The lowest BCUT2D eigenvalue weighted by Gasteiger charge is -2.10. The Morgan fingerprint density at radius 2 is 1.77 bits per heavy atom. The van der Waals surface area contributed by atoms with E-state index in [1.165, 1.54) is 0 Å². The van der Waals surface area contributed by atoms with E-state index < -0.39 is 0 Å². The van der Waals surface area contributed by atoms with Gasteiger partial charge < -0.3 is 14.8 Å². The molecular weight excluding hydrogens is 298 g/mol. The van der Waals surface area contributed by atoms with Crippen LogP contribution in [-0.2, 0) is 11.2 Å². The van der Waals surface area contributed by atoms with E-state index in [1.54, 1.807) is 26.0 Å². The molecule has 4 nitrogen and oxygen atoms in total. The Labute approximate surface area is 134 Å². The first-order chi connectivity index (χ1) is 10.7. The van der Waals surface area contributed by atoms with Gasteiger partial charge >= 0.3 is 0 Å². The molecule has 1 amide bonds. The smallest absolute Gasteiger partial charge is 0.225 e. The van der Waals surface area contributed by atoms with Gasteiger partial charge in [0, 0.05) is 4.90 Å². The molecule has 0 aromatic heterocycles. The van der Waals surface area contributed by atoms with Crippen molar-refractivity contribution in [1.82, 2.24) is 5.32 Å². The number of thioether (sulfide) groups is 1. The van der Waals surface area contributed by atoms with Crippen LogP contribution in [0.25, 0.3) is 0 Å². The summed E-state index contributed by atoms with van der Waals surface area (Å²) in [6, 6.07) is 15.4. The van der Waals surface area contributed by atoms with Crippen molar-refractivity contribution in [2.45, 2.75) is 11.3 Å². The van der Waals surface area contributed by atoms with E-state index in [2.05, 4.69) is 5.32 Å². The molecule has 0 aliphatic carbocycles. The lowest BCUT2D eigenvalue weighted by Crippen LogP contribution is -2.24. The molecule has 0 aliphatic rings. The molecule has 116 valence electrons. The fourth-order valence-corrected chi connectivity index (χ4v) is 2.70. The summed E-state index contributed by atoms with van der Waals surface area (Å²) >= 11 is 1.54. The number of rotatable bonds is 7. The lowest BCUT2D eigenvalue weighted by atomic mass is 10.1. The highest BCUT2D eigenvalue weighted by molar-refractivity contribution is 7.99. The van der Waals surface area contributed by atoms with Gasteiger partial charge in [-0.3, -0.25) is 4.79 Å². The number of carbonyl (C=O) groups excluding carboxylic acids is 1. The summed E-state index contributed by atoms with van der Waals surface area (Å²) in [6.45, 7) is 0. The SMILES string of the molecule is COc1ccc(SCNC(=O)Cc2ccccc2)cc1OC. The predicted octanol–water partition coefficient (Wildman–Crippen LogP) is 3.11. The standard InChI is InChI=1S/C17H19NO3S/c1-20-15-9-8-14(11-16(15)21-2)22-12-18-17(19)10-13-6-4-3-5-7-13/h3-9,11H,10,12H2,1-2H3,(H,18,19). The molecule has 0 saturated carbocycles. The third-order valence-corrected chi connectivity index (χ3v) is 3.95. The molecule has 0 aliphatic heterocycles. The Hall–Kier alpha value is -2.14. The van der Waals surface area contributed by atoms with Gasteiger partial charge in [-0.25, -0.2) is 0 Å². The van der Waals surface area contributed by atoms with Crippen LogP contribution in [0.1, 0.15) is 5.56 Å². The maximum Gasteiger partial charge on any atom is 0.225 e. The first kappa shape index (κ1) is 16.2. The van der Waals surface area contributed by atoms with E-state index in [4.69, 9.17) is 9.47 Å². The van der Waals surface area contributed by atoms with Crippen LogP contribution in [0.15, 0.2) is 53.4 Å². The minimum Gasteiger partial charge on any atom is -0.493 e. The molecular formula is C17H19NO3S. The molecule has 0 atom stereocenters. The molecule has 2 aromatic rings. The number of methoxy groups -OCH3 is 2. The van der Waals surface area contributed by atoms with Crippen molar-refractivity contribution >= 4 is 17.7 Å². The second-order valence-electron chi connectivity index (χ2n) is 4.57. The molecule has 2 aromatic carbocycles. The van der Waals surface area contributed by atoms with Gasteiger partial charge in [-0.15, -0.1) is 11.8 Å². The minimum atomic E-state index is 0.0131. The topological polar surface area (TPSA) is 47.6 Å². The average molecular weight is 317 g/mol. The third kappa shape index (κ3) is 4.70. The second kappa shape index (κ2) is 8.34. The molecule has 22 heavy (non-hydrogen) atoms. The fraction of sp³-hybridized carbons (Fsp3) is 0.235. The Balaban J connectivity index is 1.82. The van der Waals surface area contributed by atoms with Crippen molar-refractivity contribution < 1.29 is 14.3 Å². The Morgan fingerprint density at radius 1 is 1.05 bits per heavy atom. The molecule has 5 heteroatoms. The van der Waals surface area contributed by atoms with Crippen LogP contribution in [0.3, 0.4) is 0 Å². The highest BCUT2D eigenvalue weighted by Gasteiger charge is 2.06. The molecule has 1 N–H and O–H groups in total. The van der Waals surface area contributed by atoms with Crippen LogP contribution in [0.5, 0.6) is 11.5 Å². The van der Waals surface area contributed by atoms with Gasteiger partial charge in [-0.1, -0.05) is 30.3 Å². The van der Waals surface area contributed by atoms with Crippen molar-refractivity contribution in [1.29, 1.82) is 0 Å². The largest absolute Gasteiger partial charge is 0.493 e. The summed E-state index contributed by atoms with van der Waals surface area (Å²) in [5, 5.41) is 2.90. The molecule has 0 heterocycles. The van der Waals surface area contributed by atoms with E-state index in [0.29, 0.717) is 23.8 Å². The van der Waals surface area contributed by atoms with Gasteiger partial charge in [0.25, 0.3) is 0 Å². The molecule has 0 saturated heterocycles. The number of ether oxygens (including phenoxy) is 2. The summed E-state index contributed by atoms with van der Waals surface area (Å²) in [5.41, 5.74) is 1.01. The van der Waals surface area contributed by atoms with Gasteiger partial charge in [0.2, 0.25) is 5.91 Å². The molecule has 0 unspecified atom stereocenters. The zero-order chi connectivity index (χ0) is 15.8. The number of benzene rings is 2. The maximum absolute atomic E-state index is 11.9. The first-order valence-electron chi connectivity index (χ1n) is 6.88. The Kier molecular flexibility index (Phi) is 6.15. The normalized spacial score (nSPS) is 10.1. The van der Waals surface area contributed by atoms with Gasteiger partial charge in [0.05, 0.1) is 26.5 Å². The van der Waals surface area contributed by atoms with Crippen molar-refractivity contribution in [2.24, 2.45) is 0 Å². The van der Waals surface area contributed by atoms with Gasteiger partial charge in [-0.05, 0) is 23.8 Å². The van der Waals surface area contributed by atoms with E-state index in [0.717, 1.165) is 10.5 Å².